The molecule has 0 aromatic carbocycles. The summed E-state index contributed by atoms with van der Waals surface area (Å²) in [5.41, 5.74) is -0.792. The van der Waals surface area contributed by atoms with E-state index in [9.17, 15) is 14.0 Å². The normalized spacial score (nSPS) is 10.9. The van der Waals surface area contributed by atoms with Crippen molar-refractivity contribution in [2.45, 2.75) is 26.4 Å². The molecule has 1 amide bonds. The highest BCUT2D eigenvalue weighted by molar-refractivity contribution is 5.90. The van der Waals surface area contributed by atoms with Crippen molar-refractivity contribution in [3.8, 4) is 0 Å². The van der Waals surface area contributed by atoms with Crippen LogP contribution in [0.4, 0.5) is 15.0 Å². The van der Waals surface area contributed by atoms with Crippen LogP contribution in [-0.2, 0) is 9.47 Å². The summed E-state index contributed by atoms with van der Waals surface area (Å²) < 4.78 is 22.7. The summed E-state index contributed by atoms with van der Waals surface area (Å²) in [5.74, 6) is -1.75. The van der Waals surface area contributed by atoms with E-state index >= 15 is 0 Å². The van der Waals surface area contributed by atoms with Crippen LogP contribution in [0.1, 0.15) is 31.3 Å². The van der Waals surface area contributed by atoms with E-state index in [0.717, 1.165) is 6.07 Å². The number of rotatable bonds is 2. The molecule has 0 saturated heterocycles. The first-order valence-electron chi connectivity index (χ1n) is 5.20. The molecule has 1 aromatic heterocycles. The van der Waals surface area contributed by atoms with Gasteiger partial charge in [0.15, 0.2) is 5.82 Å². The second kappa shape index (κ2) is 5.07. The minimum absolute atomic E-state index is 0.0962. The molecular formula is C11H15FN2O4. The van der Waals surface area contributed by atoms with Crippen LogP contribution in [0.5, 0.6) is 0 Å². The van der Waals surface area contributed by atoms with E-state index in [-0.39, 0.29) is 11.5 Å². The van der Waals surface area contributed by atoms with Crippen LogP contribution >= 0.6 is 0 Å². The fourth-order valence-corrected chi connectivity index (χ4v) is 1.15. The molecule has 0 aliphatic rings. The third kappa shape index (κ3) is 3.76. The first kappa shape index (κ1) is 14.0. The molecule has 1 heterocycles. The van der Waals surface area contributed by atoms with Crippen molar-refractivity contribution in [2.75, 3.05) is 12.4 Å². The zero-order valence-corrected chi connectivity index (χ0v) is 10.6. The maximum atomic E-state index is 13.4. The predicted molar refractivity (Wildman–Crippen MR) is 61.9 cm³/mol. The Labute approximate surface area is 103 Å². The minimum Gasteiger partial charge on any atom is -0.464 e. The maximum absolute atomic E-state index is 13.4. The first-order valence-corrected chi connectivity index (χ1v) is 5.20. The lowest BCUT2D eigenvalue weighted by atomic mass is 10.2. The number of aromatic nitrogens is 1. The van der Waals surface area contributed by atoms with Crippen LogP contribution in [0.2, 0.25) is 0 Å². The predicted octanol–water partition coefficient (Wildman–Crippen LogP) is 2.29. The van der Waals surface area contributed by atoms with Crippen molar-refractivity contribution in [1.82, 2.24) is 4.98 Å². The van der Waals surface area contributed by atoms with Gasteiger partial charge in [0.2, 0.25) is 0 Å². The van der Waals surface area contributed by atoms with Crippen LogP contribution in [0, 0.1) is 5.82 Å². The van der Waals surface area contributed by atoms with Gasteiger partial charge in [-0.15, -0.1) is 0 Å². The topological polar surface area (TPSA) is 80.4 Å². The standard InChI is InChI=1S/C11H15FN2O4/c1-11(2,3)18-10(16)14-8-6(12)5-7(13-8)9(15)17-4/h5,13H,1-4H3,(H,14,16). The van der Waals surface area contributed by atoms with Crippen LogP contribution < -0.4 is 5.32 Å². The average molecular weight is 258 g/mol. The molecule has 1 aromatic rings. The quantitative estimate of drug-likeness (QED) is 0.797. The van der Waals surface area contributed by atoms with Gasteiger partial charge >= 0.3 is 12.1 Å². The zero-order chi connectivity index (χ0) is 13.9. The van der Waals surface area contributed by atoms with E-state index in [4.69, 9.17) is 4.74 Å². The summed E-state index contributed by atoms with van der Waals surface area (Å²) in [7, 11) is 1.17. The van der Waals surface area contributed by atoms with Crippen LogP contribution in [0.25, 0.3) is 0 Å². The van der Waals surface area contributed by atoms with E-state index in [1.54, 1.807) is 20.8 Å². The summed E-state index contributed by atoms with van der Waals surface area (Å²) in [5, 5.41) is 2.17. The Bertz CT molecular complexity index is 462. The van der Waals surface area contributed by atoms with Crippen molar-refractivity contribution in [1.29, 1.82) is 0 Å². The number of carbonyl (C=O) groups excluding carboxylic acids is 2. The van der Waals surface area contributed by atoms with Gasteiger partial charge < -0.3 is 14.5 Å². The smallest absolute Gasteiger partial charge is 0.413 e. The number of esters is 1. The number of carbonyl (C=O) groups is 2. The highest BCUT2D eigenvalue weighted by Crippen LogP contribution is 2.16. The molecule has 6 nitrogen and oxygen atoms in total. The number of H-pyrrole nitrogens is 1. The summed E-state index contributed by atoms with van der Waals surface area (Å²) in [6, 6.07) is 0.929. The van der Waals surface area contributed by atoms with E-state index in [2.05, 4.69) is 15.0 Å². The second-order valence-corrected chi connectivity index (χ2v) is 4.52. The maximum Gasteiger partial charge on any atom is 0.413 e. The van der Waals surface area contributed by atoms with Crippen LogP contribution in [0.15, 0.2) is 6.07 Å². The molecule has 0 aliphatic heterocycles. The molecule has 0 atom stereocenters. The Balaban J connectivity index is 2.76. The third-order valence-corrected chi connectivity index (χ3v) is 1.80. The van der Waals surface area contributed by atoms with Crippen molar-refractivity contribution in [3.63, 3.8) is 0 Å². The molecule has 2 N–H and O–H groups in total. The lowest BCUT2D eigenvalue weighted by Crippen LogP contribution is -2.27. The SMILES string of the molecule is COC(=O)c1cc(F)c(NC(=O)OC(C)(C)C)[nH]1. The van der Waals surface area contributed by atoms with Gasteiger partial charge in [0.25, 0.3) is 0 Å². The first-order chi connectivity index (χ1) is 8.23. The molecule has 0 saturated carbocycles. The number of amides is 1. The molecule has 18 heavy (non-hydrogen) atoms. The Morgan fingerprint density at radius 1 is 1.39 bits per heavy atom. The van der Waals surface area contributed by atoms with E-state index in [1.165, 1.54) is 7.11 Å². The summed E-state index contributed by atoms with van der Waals surface area (Å²) in [4.78, 5) is 24.9. The van der Waals surface area contributed by atoms with E-state index < -0.39 is 23.5 Å². The third-order valence-electron chi connectivity index (χ3n) is 1.80. The Hall–Kier alpha value is -2.05. The summed E-state index contributed by atoms with van der Waals surface area (Å²) >= 11 is 0. The summed E-state index contributed by atoms with van der Waals surface area (Å²) in [6.07, 6.45) is -0.820. The number of hydrogen-bond acceptors (Lipinski definition) is 4. The van der Waals surface area contributed by atoms with Gasteiger partial charge in [-0.2, -0.15) is 0 Å². The number of aromatic amines is 1. The lowest BCUT2D eigenvalue weighted by Gasteiger charge is -2.19. The fourth-order valence-electron chi connectivity index (χ4n) is 1.15. The van der Waals surface area contributed by atoms with Crippen LogP contribution in [0.3, 0.4) is 0 Å². The molecule has 7 heteroatoms. The van der Waals surface area contributed by atoms with E-state index in [1.807, 2.05) is 0 Å². The Kier molecular flexibility index (Phi) is 3.95. The van der Waals surface area contributed by atoms with Crippen molar-refractivity contribution < 1.29 is 23.5 Å². The van der Waals surface area contributed by atoms with Crippen molar-refractivity contribution in [3.05, 3.63) is 17.6 Å². The van der Waals surface area contributed by atoms with Gasteiger partial charge in [-0.3, -0.25) is 5.32 Å². The molecule has 0 unspecified atom stereocenters. The Morgan fingerprint density at radius 3 is 2.50 bits per heavy atom. The molecule has 0 spiro atoms. The molecular weight excluding hydrogens is 243 g/mol. The Morgan fingerprint density at radius 2 is 2.00 bits per heavy atom. The van der Waals surface area contributed by atoms with Gasteiger partial charge in [-0.25, -0.2) is 14.0 Å². The van der Waals surface area contributed by atoms with Gasteiger partial charge in [0.1, 0.15) is 17.1 Å². The number of anilines is 1. The lowest BCUT2D eigenvalue weighted by molar-refractivity contribution is 0.0590. The van der Waals surface area contributed by atoms with Gasteiger partial charge in [-0.05, 0) is 20.8 Å². The second-order valence-electron chi connectivity index (χ2n) is 4.52. The molecule has 0 fully saturated rings. The van der Waals surface area contributed by atoms with Gasteiger partial charge in [0.05, 0.1) is 7.11 Å². The number of methoxy groups -OCH3 is 1. The molecule has 0 aliphatic carbocycles. The highest BCUT2D eigenvalue weighted by Gasteiger charge is 2.20. The number of nitrogens with one attached hydrogen (secondary N) is 2. The molecule has 1 rings (SSSR count). The van der Waals surface area contributed by atoms with Gasteiger partial charge in [-0.1, -0.05) is 0 Å². The van der Waals surface area contributed by atoms with Crippen LogP contribution in [-0.4, -0.2) is 29.8 Å². The number of ether oxygens (including phenoxy) is 2. The van der Waals surface area contributed by atoms with Crippen molar-refractivity contribution in [2.24, 2.45) is 0 Å². The number of halogens is 1. The van der Waals surface area contributed by atoms with E-state index in [0.29, 0.717) is 0 Å². The largest absolute Gasteiger partial charge is 0.464 e. The average Bonchev–Trinajstić information content (AvgIpc) is 2.56. The van der Waals surface area contributed by atoms with Crippen molar-refractivity contribution >= 4 is 17.9 Å². The monoisotopic (exact) mass is 258 g/mol. The fraction of sp³-hybridized carbons (Fsp3) is 0.455. The summed E-state index contributed by atoms with van der Waals surface area (Å²) in [6.45, 7) is 5.03. The molecule has 0 bridgehead atoms. The molecule has 100 valence electrons. The molecule has 0 radical (unpaired) electrons. The minimum atomic E-state index is -0.820. The number of hydrogen-bond donors (Lipinski definition) is 2. The van der Waals surface area contributed by atoms with Gasteiger partial charge in [0, 0.05) is 6.07 Å². The zero-order valence-electron chi connectivity index (χ0n) is 10.6. The highest BCUT2D eigenvalue weighted by atomic mass is 19.1.